The van der Waals surface area contributed by atoms with Crippen LogP contribution in [-0.4, -0.2) is 30.9 Å². The van der Waals surface area contributed by atoms with Crippen molar-refractivity contribution < 1.29 is 19.1 Å². The summed E-state index contributed by atoms with van der Waals surface area (Å²) in [6.45, 7) is 6.55. The van der Waals surface area contributed by atoms with Crippen molar-refractivity contribution in [3.63, 3.8) is 0 Å². The number of hydrogen-bond acceptors (Lipinski definition) is 4. The molecule has 0 saturated heterocycles. The van der Waals surface area contributed by atoms with Gasteiger partial charge in [0.15, 0.2) is 0 Å². The maximum absolute atomic E-state index is 12.2. The van der Waals surface area contributed by atoms with E-state index in [1.54, 1.807) is 48.5 Å². The van der Waals surface area contributed by atoms with Crippen LogP contribution in [-0.2, 0) is 9.59 Å². The minimum Gasteiger partial charge on any atom is -0.494 e. The highest BCUT2D eigenvalue weighted by Crippen LogP contribution is 2.15. The quantitative estimate of drug-likeness (QED) is 0.470. The van der Waals surface area contributed by atoms with E-state index < -0.39 is 0 Å². The zero-order valence-corrected chi connectivity index (χ0v) is 18.4. The number of nitrogens with one attached hydrogen (secondary N) is 3. The number of hydrogen-bond donors (Lipinski definition) is 3. The average Bonchev–Trinajstić information content (AvgIpc) is 2.73. The number of ether oxygens (including phenoxy) is 1. The standard InChI is InChI=1S/C24H31N3O4/c1-4-5-14-31-21-12-6-18(7-13-21)24(30)25-16-23(29)27-20-10-8-19(9-11-20)26-22(28)15-17(2)3/h6-13,17H,4-5,14-16H2,1-3H3,(H,25,30)(H,26,28)(H,27,29). The number of rotatable bonds is 11. The summed E-state index contributed by atoms with van der Waals surface area (Å²) in [7, 11) is 0. The van der Waals surface area contributed by atoms with Crippen molar-refractivity contribution in [1.82, 2.24) is 5.32 Å². The van der Waals surface area contributed by atoms with Crippen LogP contribution in [0.1, 0.15) is 50.4 Å². The van der Waals surface area contributed by atoms with E-state index in [4.69, 9.17) is 4.74 Å². The fourth-order valence-electron chi connectivity index (χ4n) is 2.72. The third-order valence-electron chi connectivity index (χ3n) is 4.34. The predicted octanol–water partition coefficient (Wildman–Crippen LogP) is 4.22. The molecule has 31 heavy (non-hydrogen) atoms. The van der Waals surface area contributed by atoms with Gasteiger partial charge < -0.3 is 20.7 Å². The summed E-state index contributed by atoms with van der Waals surface area (Å²) in [5.74, 6) is 0.274. The smallest absolute Gasteiger partial charge is 0.251 e. The molecular weight excluding hydrogens is 394 g/mol. The van der Waals surface area contributed by atoms with Gasteiger partial charge in [0, 0.05) is 23.4 Å². The number of anilines is 2. The molecule has 7 heteroatoms. The number of benzene rings is 2. The predicted molar refractivity (Wildman–Crippen MR) is 122 cm³/mol. The van der Waals surface area contributed by atoms with Gasteiger partial charge in [-0.15, -0.1) is 0 Å². The molecular formula is C24H31N3O4. The molecule has 0 atom stereocenters. The second-order valence-electron chi connectivity index (χ2n) is 7.68. The minimum absolute atomic E-state index is 0.0462. The molecule has 7 nitrogen and oxygen atoms in total. The molecule has 0 aliphatic carbocycles. The summed E-state index contributed by atoms with van der Waals surface area (Å²) in [6, 6.07) is 13.6. The van der Waals surface area contributed by atoms with Gasteiger partial charge in [-0.25, -0.2) is 0 Å². The maximum Gasteiger partial charge on any atom is 0.251 e. The Morgan fingerprint density at radius 2 is 1.45 bits per heavy atom. The molecule has 0 aliphatic heterocycles. The number of amides is 3. The Kier molecular flexibility index (Phi) is 9.55. The average molecular weight is 426 g/mol. The third kappa shape index (κ3) is 8.90. The van der Waals surface area contributed by atoms with Crippen molar-refractivity contribution in [3.05, 3.63) is 54.1 Å². The summed E-state index contributed by atoms with van der Waals surface area (Å²) in [4.78, 5) is 36.1. The van der Waals surface area contributed by atoms with Gasteiger partial charge in [0.1, 0.15) is 5.75 Å². The molecule has 0 unspecified atom stereocenters. The summed E-state index contributed by atoms with van der Waals surface area (Å²) < 4.78 is 5.57. The number of carbonyl (C=O) groups excluding carboxylic acids is 3. The van der Waals surface area contributed by atoms with Gasteiger partial charge in [0.2, 0.25) is 11.8 Å². The van der Waals surface area contributed by atoms with E-state index in [2.05, 4.69) is 22.9 Å². The molecule has 2 rings (SSSR count). The highest BCUT2D eigenvalue weighted by atomic mass is 16.5. The Bertz CT molecular complexity index is 861. The normalized spacial score (nSPS) is 10.5. The van der Waals surface area contributed by atoms with E-state index in [-0.39, 0.29) is 30.2 Å². The van der Waals surface area contributed by atoms with Crippen LogP contribution in [0.3, 0.4) is 0 Å². The van der Waals surface area contributed by atoms with Crippen LogP contribution < -0.4 is 20.7 Å². The van der Waals surface area contributed by atoms with Crippen LogP contribution in [0.4, 0.5) is 11.4 Å². The van der Waals surface area contributed by atoms with Gasteiger partial charge >= 0.3 is 0 Å². The van der Waals surface area contributed by atoms with E-state index in [0.717, 1.165) is 12.8 Å². The molecule has 0 spiro atoms. The second kappa shape index (κ2) is 12.4. The van der Waals surface area contributed by atoms with Gasteiger partial charge in [-0.3, -0.25) is 14.4 Å². The molecule has 0 radical (unpaired) electrons. The molecule has 0 saturated carbocycles. The first kappa shape index (κ1) is 23.9. The van der Waals surface area contributed by atoms with Crippen molar-refractivity contribution in [2.24, 2.45) is 5.92 Å². The number of unbranched alkanes of at least 4 members (excludes halogenated alkanes) is 1. The van der Waals surface area contributed by atoms with Crippen LogP contribution in [0.5, 0.6) is 5.75 Å². The van der Waals surface area contributed by atoms with Crippen molar-refractivity contribution >= 4 is 29.1 Å². The molecule has 2 aromatic carbocycles. The van der Waals surface area contributed by atoms with E-state index in [1.807, 2.05) is 13.8 Å². The first-order valence-electron chi connectivity index (χ1n) is 10.6. The molecule has 0 heterocycles. The topological polar surface area (TPSA) is 96.5 Å². The van der Waals surface area contributed by atoms with E-state index in [9.17, 15) is 14.4 Å². The molecule has 0 aliphatic rings. The van der Waals surface area contributed by atoms with Gasteiger partial charge in [0.25, 0.3) is 5.91 Å². The summed E-state index contributed by atoms with van der Waals surface area (Å²) in [5, 5.41) is 8.12. The van der Waals surface area contributed by atoms with E-state index in [0.29, 0.717) is 35.7 Å². The van der Waals surface area contributed by atoms with Gasteiger partial charge in [-0.2, -0.15) is 0 Å². The molecule has 3 amide bonds. The van der Waals surface area contributed by atoms with Crippen LogP contribution in [0.25, 0.3) is 0 Å². The zero-order valence-electron chi connectivity index (χ0n) is 18.4. The lowest BCUT2D eigenvalue weighted by Gasteiger charge is -2.10. The molecule has 3 N–H and O–H groups in total. The minimum atomic E-state index is -0.343. The monoisotopic (exact) mass is 425 g/mol. The number of carbonyl (C=O) groups is 3. The third-order valence-corrected chi connectivity index (χ3v) is 4.34. The molecule has 0 fully saturated rings. The summed E-state index contributed by atoms with van der Waals surface area (Å²) >= 11 is 0. The SMILES string of the molecule is CCCCOc1ccc(C(=O)NCC(=O)Nc2ccc(NC(=O)CC(C)C)cc2)cc1. The summed E-state index contributed by atoms with van der Waals surface area (Å²) in [6.07, 6.45) is 2.49. The zero-order chi connectivity index (χ0) is 22.6. The van der Waals surface area contributed by atoms with Gasteiger partial charge in [-0.05, 0) is 60.9 Å². The van der Waals surface area contributed by atoms with Crippen LogP contribution in [0, 0.1) is 5.92 Å². The highest BCUT2D eigenvalue weighted by Gasteiger charge is 2.09. The Morgan fingerprint density at radius 3 is 2.00 bits per heavy atom. The molecule has 2 aromatic rings. The highest BCUT2D eigenvalue weighted by molar-refractivity contribution is 5.99. The fraction of sp³-hybridized carbons (Fsp3) is 0.375. The summed E-state index contributed by atoms with van der Waals surface area (Å²) in [5.41, 5.74) is 1.70. The Labute approximate surface area is 183 Å². The van der Waals surface area contributed by atoms with E-state index in [1.165, 1.54) is 0 Å². The maximum atomic E-state index is 12.2. The lowest BCUT2D eigenvalue weighted by atomic mass is 10.1. The first-order chi connectivity index (χ1) is 14.9. The largest absolute Gasteiger partial charge is 0.494 e. The van der Waals surface area contributed by atoms with Crippen LogP contribution in [0.2, 0.25) is 0 Å². The first-order valence-corrected chi connectivity index (χ1v) is 10.6. The van der Waals surface area contributed by atoms with Crippen molar-refractivity contribution in [3.8, 4) is 5.75 Å². The lowest BCUT2D eigenvalue weighted by Crippen LogP contribution is -2.32. The van der Waals surface area contributed by atoms with E-state index >= 15 is 0 Å². The fourth-order valence-corrected chi connectivity index (χ4v) is 2.72. The molecule has 166 valence electrons. The molecule has 0 bridgehead atoms. The van der Waals surface area contributed by atoms with Gasteiger partial charge in [-0.1, -0.05) is 27.2 Å². The molecule has 0 aromatic heterocycles. The Hall–Kier alpha value is -3.35. The van der Waals surface area contributed by atoms with Crippen molar-refractivity contribution in [1.29, 1.82) is 0 Å². The Morgan fingerprint density at radius 1 is 0.871 bits per heavy atom. The second-order valence-corrected chi connectivity index (χ2v) is 7.68. The Balaban J connectivity index is 1.77. The lowest BCUT2D eigenvalue weighted by molar-refractivity contribution is -0.117. The van der Waals surface area contributed by atoms with Crippen molar-refractivity contribution in [2.75, 3.05) is 23.8 Å². The van der Waals surface area contributed by atoms with Gasteiger partial charge in [0.05, 0.1) is 13.2 Å². The van der Waals surface area contributed by atoms with Crippen molar-refractivity contribution in [2.45, 2.75) is 40.0 Å². The van der Waals surface area contributed by atoms with Crippen LogP contribution >= 0.6 is 0 Å². The van der Waals surface area contributed by atoms with Crippen LogP contribution in [0.15, 0.2) is 48.5 Å².